The van der Waals surface area contributed by atoms with Gasteiger partial charge in [-0.25, -0.2) is 9.59 Å². The molecule has 0 aromatic heterocycles. The van der Waals surface area contributed by atoms with Gasteiger partial charge in [-0.3, -0.25) is 0 Å². The van der Waals surface area contributed by atoms with Gasteiger partial charge in [-0.1, -0.05) is 49.6 Å². The summed E-state index contributed by atoms with van der Waals surface area (Å²) < 4.78 is 45.2. The Labute approximate surface area is 270 Å². The maximum Gasteiger partial charge on any atom is 0.333 e. The molecule has 0 amide bonds. The van der Waals surface area contributed by atoms with E-state index in [1.807, 2.05) is 60.7 Å². The number of para-hydroxylation sites is 2. The summed E-state index contributed by atoms with van der Waals surface area (Å²) in [7, 11) is 0. The van der Waals surface area contributed by atoms with Crippen molar-refractivity contribution >= 4 is 11.9 Å². The maximum atomic E-state index is 12.0. The second-order valence-electron chi connectivity index (χ2n) is 10.2. The van der Waals surface area contributed by atoms with E-state index in [4.69, 9.17) is 37.9 Å². The predicted molar refractivity (Wildman–Crippen MR) is 172 cm³/mol. The molecule has 0 aliphatic carbocycles. The zero-order valence-electron chi connectivity index (χ0n) is 26.4. The maximum absolute atomic E-state index is 12.0. The van der Waals surface area contributed by atoms with E-state index >= 15 is 0 Å². The summed E-state index contributed by atoms with van der Waals surface area (Å²) in [5.74, 6) is 1.62. The number of carbonyl (C=O) groups is 2. The van der Waals surface area contributed by atoms with Gasteiger partial charge in [0.05, 0.1) is 26.4 Å². The highest BCUT2D eigenvalue weighted by atomic mass is 16.6. The number of hydrogen-bond acceptors (Lipinski definition) is 10. The monoisotopic (exact) mass is 634 g/mol. The van der Waals surface area contributed by atoms with Crippen molar-refractivity contribution in [2.75, 3.05) is 52.9 Å². The number of ether oxygens (including phenoxy) is 8. The van der Waals surface area contributed by atoms with Gasteiger partial charge < -0.3 is 37.9 Å². The third-order valence-corrected chi connectivity index (χ3v) is 6.03. The summed E-state index contributed by atoms with van der Waals surface area (Å²) in [6, 6.07) is 25.7. The highest BCUT2D eigenvalue weighted by Crippen LogP contribution is 2.18. The third kappa shape index (κ3) is 14.3. The van der Waals surface area contributed by atoms with Crippen molar-refractivity contribution in [2.24, 2.45) is 0 Å². The van der Waals surface area contributed by atoms with Gasteiger partial charge in [0.2, 0.25) is 0 Å². The molecule has 0 radical (unpaired) electrons. The second kappa shape index (κ2) is 20.3. The van der Waals surface area contributed by atoms with E-state index in [2.05, 4.69) is 13.2 Å². The van der Waals surface area contributed by atoms with Crippen LogP contribution in [0.3, 0.4) is 0 Å². The molecule has 0 heterocycles. The molecule has 3 aromatic carbocycles. The van der Waals surface area contributed by atoms with Crippen LogP contribution in [0.1, 0.15) is 13.8 Å². The summed E-state index contributed by atoms with van der Waals surface area (Å²) in [6.07, 6.45) is -1.21. The van der Waals surface area contributed by atoms with Gasteiger partial charge >= 0.3 is 11.9 Å². The van der Waals surface area contributed by atoms with Crippen LogP contribution < -0.4 is 18.9 Å². The fourth-order valence-corrected chi connectivity index (χ4v) is 3.65. The van der Waals surface area contributed by atoms with Crippen molar-refractivity contribution in [3.8, 4) is 23.0 Å². The van der Waals surface area contributed by atoms with E-state index in [1.165, 1.54) is 0 Å². The molecule has 0 aliphatic rings. The molecule has 0 fully saturated rings. The molecule has 0 saturated heterocycles. The van der Waals surface area contributed by atoms with Crippen molar-refractivity contribution in [1.82, 2.24) is 0 Å². The minimum atomic E-state index is -0.607. The molecule has 10 nitrogen and oxygen atoms in total. The number of rotatable bonds is 22. The van der Waals surface area contributed by atoms with Crippen LogP contribution >= 0.6 is 0 Å². The first kappa shape index (κ1) is 35.7. The molecule has 246 valence electrons. The molecule has 3 rings (SSSR count). The number of carbonyl (C=O) groups excluding carboxylic acids is 2. The third-order valence-electron chi connectivity index (χ3n) is 6.03. The van der Waals surface area contributed by atoms with E-state index in [9.17, 15) is 9.59 Å². The normalized spacial score (nSPS) is 11.9. The molecule has 3 aromatic rings. The minimum Gasteiger partial charge on any atom is -0.491 e. The van der Waals surface area contributed by atoms with Gasteiger partial charge in [-0.2, -0.15) is 0 Å². The Morgan fingerprint density at radius 3 is 1.20 bits per heavy atom. The molecule has 0 bridgehead atoms. The molecule has 10 heteroatoms. The SMILES string of the molecule is C=C(C)C(=O)OC(COCCOc1ccc(OCCOCC(COc2ccccc2)OC(=O)C(=C)C)cc1)COc1ccccc1. The lowest BCUT2D eigenvalue weighted by molar-refractivity contribution is -0.150. The van der Waals surface area contributed by atoms with Gasteiger partial charge in [0.1, 0.15) is 49.4 Å². The second-order valence-corrected chi connectivity index (χ2v) is 10.2. The summed E-state index contributed by atoms with van der Waals surface area (Å²) in [5.41, 5.74) is 0.598. The van der Waals surface area contributed by atoms with E-state index in [-0.39, 0.29) is 39.6 Å². The quantitative estimate of drug-likeness (QED) is 0.0786. The first-order valence-corrected chi connectivity index (χ1v) is 14.9. The lowest BCUT2D eigenvalue weighted by Gasteiger charge is -2.19. The first-order valence-electron chi connectivity index (χ1n) is 14.9. The largest absolute Gasteiger partial charge is 0.491 e. The molecular weight excluding hydrogens is 592 g/mol. The van der Waals surface area contributed by atoms with Gasteiger partial charge in [0.15, 0.2) is 12.2 Å². The number of benzene rings is 3. The smallest absolute Gasteiger partial charge is 0.333 e. The Bertz CT molecular complexity index is 1240. The fraction of sp³-hybridized carbons (Fsp3) is 0.333. The van der Waals surface area contributed by atoms with E-state index in [0.29, 0.717) is 47.4 Å². The average molecular weight is 635 g/mol. The van der Waals surface area contributed by atoms with Crippen molar-refractivity contribution in [1.29, 1.82) is 0 Å². The van der Waals surface area contributed by atoms with E-state index < -0.39 is 24.1 Å². The van der Waals surface area contributed by atoms with E-state index in [1.54, 1.807) is 38.1 Å². The lowest BCUT2D eigenvalue weighted by atomic mass is 10.3. The summed E-state index contributed by atoms with van der Waals surface area (Å²) in [5, 5.41) is 0. The molecule has 0 saturated carbocycles. The fourth-order valence-electron chi connectivity index (χ4n) is 3.65. The van der Waals surface area contributed by atoms with Crippen LogP contribution in [0, 0.1) is 0 Å². The van der Waals surface area contributed by atoms with Crippen LogP contribution in [0.25, 0.3) is 0 Å². The van der Waals surface area contributed by atoms with Crippen LogP contribution in [-0.2, 0) is 28.5 Å². The lowest BCUT2D eigenvalue weighted by Crippen LogP contribution is -2.30. The Hall–Kier alpha value is -4.80. The summed E-state index contributed by atoms with van der Waals surface area (Å²) in [4.78, 5) is 24.0. The molecule has 0 N–H and O–H groups in total. The highest BCUT2D eigenvalue weighted by molar-refractivity contribution is 5.87. The average Bonchev–Trinajstić information content (AvgIpc) is 3.06. The van der Waals surface area contributed by atoms with Crippen molar-refractivity contribution in [3.05, 3.63) is 109 Å². The molecule has 0 spiro atoms. The molecular formula is C36H42O10. The topological polar surface area (TPSA) is 108 Å². The standard InChI is InChI=1S/C36H42O10/c1-27(2)35(37)45-33(25-43-29-11-7-5-8-12-29)23-39-19-21-41-31-15-17-32(18-16-31)42-22-20-40-24-34(46-36(38)28(3)4)26-44-30-13-9-6-10-14-30/h5-18,33-34H,1,3,19-26H2,2,4H3. The molecule has 46 heavy (non-hydrogen) atoms. The zero-order valence-corrected chi connectivity index (χ0v) is 26.4. The van der Waals surface area contributed by atoms with Gasteiger partial charge in [0, 0.05) is 11.1 Å². The van der Waals surface area contributed by atoms with Crippen LogP contribution in [-0.4, -0.2) is 77.0 Å². The first-order chi connectivity index (χ1) is 22.3. The molecule has 0 aliphatic heterocycles. The highest BCUT2D eigenvalue weighted by Gasteiger charge is 2.18. The van der Waals surface area contributed by atoms with E-state index in [0.717, 1.165) is 0 Å². The van der Waals surface area contributed by atoms with Crippen LogP contribution in [0.5, 0.6) is 23.0 Å². The minimum absolute atomic E-state index is 0.140. The van der Waals surface area contributed by atoms with Crippen molar-refractivity contribution in [2.45, 2.75) is 26.1 Å². The Balaban J connectivity index is 1.32. The Morgan fingerprint density at radius 2 is 0.848 bits per heavy atom. The Morgan fingerprint density at radius 1 is 0.500 bits per heavy atom. The molecule has 2 atom stereocenters. The van der Waals surface area contributed by atoms with Gasteiger partial charge in [-0.15, -0.1) is 0 Å². The van der Waals surface area contributed by atoms with Crippen molar-refractivity contribution < 1.29 is 47.5 Å². The summed E-state index contributed by atoms with van der Waals surface area (Å²) >= 11 is 0. The zero-order chi connectivity index (χ0) is 33.0. The Kier molecular flexibility index (Phi) is 15.7. The van der Waals surface area contributed by atoms with Gasteiger partial charge in [-0.05, 0) is 62.4 Å². The number of esters is 2. The number of hydrogen-bond donors (Lipinski definition) is 0. The van der Waals surface area contributed by atoms with Crippen LogP contribution in [0.2, 0.25) is 0 Å². The van der Waals surface area contributed by atoms with Crippen molar-refractivity contribution in [3.63, 3.8) is 0 Å². The predicted octanol–water partition coefficient (Wildman–Crippen LogP) is 5.61. The van der Waals surface area contributed by atoms with Crippen LogP contribution in [0.4, 0.5) is 0 Å². The van der Waals surface area contributed by atoms with Crippen LogP contribution in [0.15, 0.2) is 109 Å². The summed E-state index contributed by atoms with van der Waals surface area (Å²) in [6.45, 7) is 12.1. The van der Waals surface area contributed by atoms with Gasteiger partial charge in [0.25, 0.3) is 0 Å². The molecule has 2 unspecified atom stereocenters.